The summed E-state index contributed by atoms with van der Waals surface area (Å²) in [6, 6.07) is 18.3. The van der Waals surface area contributed by atoms with E-state index in [0.29, 0.717) is 34.8 Å². The summed E-state index contributed by atoms with van der Waals surface area (Å²) < 4.78 is 6.26. The van der Waals surface area contributed by atoms with E-state index in [9.17, 15) is 4.79 Å². The van der Waals surface area contributed by atoms with Gasteiger partial charge >= 0.3 is 0 Å². The average Bonchev–Trinajstić information content (AvgIpc) is 3.29. The van der Waals surface area contributed by atoms with Crippen molar-refractivity contribution in [1.29, 1.82) is 0 Å². The minimum atomic E-state index is -0.0407. The highest BCUT2D eigenvalue weighted by molar-refractivity contribution is 6.04. The molecule has 3 unspecified atom stereocenters. The molecule has 3 aliphatic rings. The highest BCUT2D eigenvalue weighted by Gasteiger charge is 2.37. The number of nitrogens with one attached hydrogen (secondary N) is 1. The number of likely N-dealkylation sites (N-methyl/N-ethyl adjacent to an activating group) is 1. The summed E-state index contributed by atoms with van der Waals surface area (Å²) in [5.74, 6) is -0.0407. The van der Waals surface area contributed by atoms with Crippen LogP contribution in [0.2, 0.25) is 0 Å². The summed E-state index contributed by atoms with van der Waals surface area (Å²) in [5.41, 5.74) is 3.16. The Balaban J connectivity index is 1.26. The Hall–Kier alpha value is -2.90. The molecule has 35 heavy (non-hydrogen) atoms. The van der Waals surface area contributed by atoms with Crippen molar-refractivity contribution in [2.24, 2.45) is 0 Å². The van der Waals surface area contributed by atoms with Crippen molar-refractivity contribution in [3.8, 4) is 0 Å². The van der Waals surface area contributed by atoms with Crippen molar-refractivity contribution in [1.82, 2.24) is 20.1 Å². The molecule has 3 fully saturated rings. The number of fused-ring (bicyclic) bond motifs is 3. The summed E-state index contributed by atoms with van der Waals surface area (Å²) in [7, 11) is 4.39. The largest absolute Gasteiger partial charge is 0.423 e. The summed E-state index contributed by atoms with van der Waals surface area (Å²) in [6.45, 7) is 2.66. The zero-order chi connectivity index (χ0) is 23.9. The van der Waals surface area contributed by atoms with E-state index in [1.54, 1.807) is 0 Å². The number of para-hydroxylation sites is 1. The number of amides is 1. The van der Waals surface area contributed by atoms with Crippen LogP contribution in [0, 0.1) is 0 Å². The van der Waals surface area contributed by atoms with Gasteiger partial charge in [-0.05, 0) is 57.5 Å². The van der Waals surface area contributed by atoms with Gasteiger partial charge in [-0.2, -0.15) is 4.98 Å². The molecule has 2 bridgehead atoms. The maximum atomic E-state index is 13.4. The van der Waals surface area contributed by atoms with Crippen LogP contribution in [-0.2, 0) is 0 Å². The van der Waals surface area contributed by atoms with E-state index in [2.05, 4.69) is 58.4 Å². The van der Waals surface area contributed by atoms with E-state index in [1.165, 1.54) is 24.8 Å². The molecule has 2 aromatic carbocycles. The first kappa shape index (κ1) is 22.6. The zero-order valence-corrected chi connectivity index (χ0v) is 20.7. The van der Waals surface area contributed by atoms with Crippen LogP contribution in [0.15, 0.2) is 52.9 Å². The summed E-state index contributed by atoms with van der Waals surface area (Å²) >= 11 is 0. The lowest BCUT2D eigenvalue weighted by molar-refractivity contribution is 0.0463. The van der Waals surface area contributed by atoms with E-state index >= 15 is 0 Å². The number of carbonyl (C=O) groups excluding carboxylic acids is 1. The van der Waals surface area contributed by atoms with Crippen LogP contribution in [0.3, 0.4) is 0 Å². The summed E-state index contributed by atoms with van der Waals surface area (Å²) in [4.78, 5) is 25.4. The third kappa shape index (κ3) is 4.32. The molecule has 3 aliphatic heterocycles. The van der Waals surface area contributed by atoms with E-state index in [1.807, 2.05) is 24.3 Å². The topological polar surface area (TPSA) is 64.8 Å². The Morgan fingerprint density at radius 2 is 1.77 bits per heavy atom. The van der Waals surface area contributed by atoms with Crippen LogP contribution in [0.4, 0.5) is 6.01 Å². The second-order valence-corrected chi connectivity index (χ2v) is 10.6. The summed E-state index contributed by atoms with van der Waals surface area (Å²) in [6.07, 6.45) is 5.82. The van der Waals surface area contributed by atoms with Gasteiger partial charge in [0.25, 0.3) is 11.9 Å². The number of benzene rings is 2. The van der Waals surface area contributed by atoms with Gasteiger partial charge in [-0.1, -0.05) is 42.8 Å². The molecular formula is C28H35N5O2. The number of oxazole rings is 1. The van der Waals surface area contributed by atoms with Crippen molar-refractivity contribution in [3.05, 3.63) is 59.7 Å². The van der Waals surface area contributed by atoms with Gasteiger partial charge in [-0.15, -0.1) is 0 Å². The number of rotatable bonds is 4. The highest BCUT2D eigenvalue weighted by atomic mass is 16.4. The van der Waals surface area contributed by atoms with Crippen molar-refractivity contribution < 1.29 is 9.21 Å². The van der Waals surface area contributed by atoms with Crippen molar-refractivity contribution >= 4 is 23.0 Å². The average molecular weight is 474 g/mol. The number of hydrogen-bond donors (Lipinski definition) is 1. The number of piperazine rings is 1. The molecule has 4 heterocycles. The van der Waals surface area contributed by atoms with Gasteiger partial charge in [-0.3, -0.25) is 4.79 Å². The van der Waals surface area contributed by atoms with Crippen LogP contribution in [0.5, 0.6) is 0 Å². The van der Waals surface area contributed by atoms with Gasteiger partial charge < -0.3 is 24.4 Å². The predicted molar refractivity (Wildman–Crippen MR) is 138 cm³/mol. The molecule has 1 aromatic heterocycles. The van der Waals surface area contributed by atoms with E-state index in [-0.39, 0.29) is 18.0 Å². The molecule has 7 nitrogen and oxygen atoms in total. The highest BCUT2D eigenvalue weighted by Crippen LogP contribution is 2.34. The van der Waals surface area contributed by atoms with Gasteiger partial charge in [0, 0.05) is 37.8 Å². The molecule has 3 atom stereocenters. The minimum Gasteiger partial charge on any atom is -0.423 e. The van der Waals surface area contributed by atoms with Crippen LogP contribution in [-0.4, -0.2) is 72.5 Å². The molecule has 0 radical (unpaired) electrons. The Morgan fingerprint density at radius 1 is 1.00 bits per heavy atom. The fourth-order valence-electron chi connectivity index (χ4n) is 6.35. The Morgan fingerprint density at radius 3 is 2.54 bits per heavy atom. The van der Waals surface area contributed by atoms with Crippen LogP contribution in [0.1, 0.15) is 54.1 Å². The molecule has 7 heteroatoms. The molecule has 1 N–H and O–H groups in total. The first-order valence-corrected chi connectivity index (χ1v) is 13.0. The maximum absolute atomic E-state index is 13.4. The predicted octanol–water partition coefficient (Wildman–Crippen LogP) is 4.07. The number of carbonyl (C=O) groups is 1. The quantitative estimate of drug-likeness (QED) is 0.616. The zero-order valence-electron chi connectivity index (χ0n) is 20.7. The fraction of sp³-hybridized carbons (Fsp3) is 0.500. The lowest BCUT2D eigenvalue weighted by Gasteiger charge is -2.47. The van der Waals surface area contributed by atoms with E-state index in [4.69, 9.17) is 9.40 Å². The second-order valence-electron chi connectivity index (χ2n) is 10.6. The molecule has 184 valence electrons. The number of hydrogen-bond acceptors (Lipinski definition) is 6. The van der Waals surface area contributed by atoms with E-state index in [0.717, 1.165) is 32.5 Å². The van der Waals surface area contributed by atoms with Crippen molar-refractivity contribution in [2.45, 2.75) is 56.3 Å². The monoisotopic (exact) mass is 473 g/mol. The standard InChI is InChI=1S/C28H35N5O2/c1-31-14-15-33(24(18-31)19-8-4-3-5-9-19)28-30-26-23(12-7-13-25(26)35-28)27(34)29-20-16-21-10-6-11-22(17-20)32(21)2/h3-5,7-9,12-13,20-22,24H,6,10-11,14-18H2,1-2H3,(H,29,34). The second kappa shape index (κ2) is 9.28. The molecule has 0 spiro atoms. The van der Waals surface area contributed by atoms with Gasteiger partial charge in [0.2, 0.25) is 0 Å². The fourth-order valence-corrected chi connectivity index (χ4v) is 6.35. The number of nitrogens with zero attached hydrogens (tertiary/aromatic N) is 4. The van der Waals surface area contributed by atoms with Crippen LogP contribution in [0.25, 0.3) is 11.1 Å². The number of piperidine rings is 2. The van der Waals surface area contributed by atoms with E-state index < -0.39 is 0 Å². The molecule has 0 aliphatic carbocycles. The Bertz CT molecular complexity index is 1180. The van der Waals surface area contributed by atoms with Gasteiger partial charge in [0.1, 0.15) is 5.52 Å². The number of anilines is 1. The minimum absolute atomic E-state index is 0.0407. The third-order valence-corrected chi connectivity index (χ3v) is 8.34. The first-order valence-electron chi connectivity index (χ1n) is 13.0. The smallest absolute Gasteiger partial charge is 0.299 e. The Labute approximate surface area is 207 Å². The maximum Gasteiger partial charge on any atom is 0.299 e. The van der Waals surface area contributed by atoms with Crippen molar-refractivity contribution in [2.75, 3.05) is 38.6 Å². The molecule has 1 amide bonds. The normalized spacial score (nSPS) is 27.8. The molecule has 6 rings (SSSR count). The third-order valence-electron chi connectivity index (χ3n) is 8.34. The lowest BCUT2D eigenvalue weighted by Crippen LogP contribution is -2.55. The lowest BCUT2D eigenvalue weighted by atomic mass is 9.82. The van der Waals surface area contributed by atoms with Gasteiger partial charge in [-0.25, -0.2) is 0 Å². The van der Waals surface area contributed by atoms with Gasteiger partial charge in [0.15, 0.2) is 5.58 Å². The van der Waals surface area contributed by atoms with Crippen LogP contribution >= 0.6 is 0 Å². The summed E-state index contributed by atoms with van der Waals surface area (Å²) in [5, 5.41) is 3.34. The first-order chi connectivity index (χ1) is 17.1. The molecule has 3 aromatic rings. The van der Waals surface area contributed by atoms with Gasteiger partial charge in [0.05, 0.1) is 11.6 Å². The molecule has 0 saturated carbocycles. The Kier molecular flexibility index (Phi) is 5.98. The molecule has 3 saturated heterocycles. The van der Waals surface area contributed by atoms with Crippen LogP contribution < -0.4 is 10.2 Å². The van der Waals surface area contributed by atoms with Crippen molar-refractivity contribution in [3.63, 3.8) is 0 Å². The molecular weight excluding hydrogens is 438 g/mol. The SMILES string of the molecule is CN1CCN(c2nc3c(C(=O)NC4CC5CCCC(C4)N5C)cccc3o2)C(c2ccccc2)C1. The number of aromatic nitrogens is 1.